The van der Waals surface area contributed by atoms with Crippen LogP contribution >= 0.6 is 11.8 Å². The maximum Gasteiger partial charge on any atom is 0.242 e. The molecular formula is C21H23N3O3S. The molecule has 7 heteroatoms. The number of para-hydroxylation sites is 1. The molecule has 1 fully saturated rings. The van der Waals surface area contributed by atoms with Crippen molar-refractivity contribution in [3.63, 3.8) is 0 Å². The van der Waals surface area contributed by atoms with Crippen LogP contribution in [0.2, 0.25) is 0 Å². The number of methoxy groups -OCH3 is 2. The van der Waals surface area contributed by atoms with E-state index < -0.39 is 0 Å². The summed E-state index contributed by atoms with van der Waals surface area (Å²) in [6.45, 7) is 2.46. The second kappa shape index (κ2) is 9.41. The summed E-state index contributed by atoms with van der Waals surface area (Å²) in [5, 5.41) is 9.01. The summed E-state index contributed by atoms with van der Waals surface area (Å²) in [6, 6.07) is 15.3. The molecule has 28 heavy (non-hydrogen) atoms. The fourth-order valence-electron chi connectivity index (χ4n) is 2.82. The third-order valence-corrected chi connectivity index (χ3v) is 5.70. The SMILES string of the molecule is CC[C@@H]1S/C(=N/N=C\c2ccccc2OC)N(Cc2ccc(OC)cc2)C1=O. The van der Waals surface area contributed by atoms with Crippen molar-refractivity contribution in [1.29, 1.82) is 0 Å². The quantitative estimate of drug-likeness (QED) is 0.524. The number of amides is 1. The predicted molar refractivity (Wildman–Crippen MR) is 113 cm³/mol. The lowest BCUT2D eigenvalue weighted by Gasteiger charge is -2.16. The number of rotatable bonds is 7. The van der Waals surface area contributed by atoms with Crippen molar-refractivity contribution in [3.05, 3.63) is 59.7 Å². The number of thioether (sulfide) groups is 1. The Morgan fingerprint density at radius 2 is 1.86 bits per heavy atom. The average Bonchev–Trinajstić information content (AvgIpc) is 3.03. The molecule has 0 spiro atoms. The Labute approximate surface area is 169 Å². The van der Waals surface area contributed by atoms with Crippen molar-refractivity contribution in [2.45, 2.75) is 25.1 Å². The molecule has 6 nitrogen and oxygen atoms in total. The molecular weight excluding hydrogens is 374 g/mol. The molecule has 1 amide bonds. The van der Waals surface area contributed by atoms with Crippen LogP contribution in [-0.4, -0.2) is 41.7 Å². The molecule has 146 valence electrons. The van der Waals surface area contributed by atoms with E-state index in [1.165, 1.54) is 11.8 Å². The van der Waals surface area contributed by atoms with Gasteiger partial charge in [0, 0.05) is 5.56 Å². The third-order valence-electron chi connectivity index (χ3n) is 4.37. The van der Waals surface area contributed by atoms with Gasteiger partial charge in [0.15, 0.2) is 5.17 Å². The molecule has 2 aromatic carbocycles. The maximum absolute atomic E-state index is 12.7. The van der Waals surface area contributed by atoms with E-state index in [-0.39, 0.29) is 11.2 Å². The molecule has 1 aliphatic heterocycles. The standard InChI is InChI=1S/C21H23N3O3S/c1-4-19-20(25)24(14-15-9-11-17(26-2)12-10-15)21(28-19)23-22-13-16-7-5-6-8-18(16)27-3/h5-13,19H,4,14H2,1-3H3/b22-13-,23-21+/t19-/m0/s1. The number of ether oxygens (including phenoxy) is 2. The van der Waals surface area contributed by atoms with Crippen LogP contribution in [0.5, 0.6) is 11.5 Å². The average molecular weight is 398 g/mol. The summed E-state index contributed by atoms with van der Waals surface area (Å²) in [5.41, 5.74) is 1.84. The molecule has 1 aliphatic rings. The molecule has 1 atom stereocenters. The minimum atomic E-state index is -0.126. The Kier molecular flexibility index (Phi) is 6.71. The van der Waals surface area contributed by atoms with Crippen molar-refractivity contribution in [3.8, 4) is 11.5 Å². The van der Waals surface area contributed by atoms with E-state index in [0.29, 0.717) is 11.7 Å². The molecule has 0 bridgehead atoms. The number of carbonyl (C=O) groups is 1. The minimum absolute atomic E-state index is 0.0644. The van der Waals surface area contributed by atoms with Gasteiger partial charge in [-0.25, -0.2) is 0 Å². The van der Waals surface area contributed by atoms with Crippen LogP contribution in [0.15, 0.2) is 58.7 Å². The van der Waals surface area contributed by atoms with Gasteiger partial charge in [0.05, 0.1) is 32.2 Å². The van der Waals surface area contributed by atoms with E-state index >= 15 is 0 Å². The number of amidine groups is 1. The van der Waals surface area contributed by atoms with Crippen LogP contribution < -0.4 is 9.47 Å². The number of benzene rings is 2. The van der Waals surface area contributed by atoms with Gasteiger partial charge in [0.1, 0.15) is 11.5 Å². The molecule has 0 N–H and O–H groups in total. The predicted octanol–water partition coefficient (Wildman–Crippen LogP) is 3.95. The zero-order chi connectivity index (χ0) is 19.9. The second-order valence-corrected chi connectivity index (χ2v) is 7.33. The number of carbonyl (C=O) groups excluding carboxylic acids is 1. The number of nitrogens with zero attached hydrogens (tertiary/aromatic N) is 3. The molecule has 2 aromatic rings. The minimum Gasteiger partial charge on any atom is -0.497 e. The summed E-state index contributed by atoms with van der Waals surface area (Å²) in [5.74, 6) is 1.57. The molecule has 0 aromatic heterocycles. The molecule has 0 radical (unpaired) electrons. The fourth-order valence-corrected chi connectivity index (χ4v) is 3.84. The van der Waals surface area contributed by atoms with E-state index in [9.17, 15) is 4.79 Å². The topological polar surface area (TPSA) is 63.5 Å². The van der Waals surface area contributed by atoms with Crippen molar-refractivity contribution in [1.82, 2.24) is 4.90 Å². The van der Waals surface area contributed by atoms with Crippen molar-refractivity contribution >= 4 is 29.1 Å². The first kappa shape index (κ1) is 19.9. The first-order valence-corrected chi connectivity index (χ1v) is 9.89. The molecule has 0 unspecified atom stereocenters. The zero-order valence-electron chi connectivity index (χ0n) is 16.2. The van der Waals surface area contributed by atoms with E-state index in [2.05, 4.69) is 10.2 Å². The van der Waals surface area contributed by atoms with Gasteiger partial charge in [-0.05, 0) is 36.2 Å². The van der Waals surface area contributed by atoms with Crippen LogP contribution in [-0.2, 0) is 11.3 Å². The van der Waals surface area contributed by atoms with Gasteiger partial charge >= 0.3 is 0 Å². The van der Waals surface area contributed by atoms with Crippen LogP contribution in [0.25, 0.3) is 0 Å². The highest BCUT2D eigenvalue weighted by molar-refractivity contribution is 8.15. The Morgan fingerprint density at radius 1 is 1.11 bits per heavy atom. The second-order valence-electron chi connectivity index (χ2n) is 6.16. The summed E-state index contributed by atoms with van der Waals surface area (Å²) in [6.07, 6.45) is 2.39. The smallest absolute Gasteiger partial charge is 0.242 e. The monoisotopic (exact) mass is 397 g/mol. The van der Waals surface area contributed by atoms with Crippen LogP contribution in [0.4, 0.5) is 0 Å². The highest BCUT2D eigenvalue weighted by Crippen LogP contribution is 2.31. The lowest BCUT2D eigenvalue weighted by molar-refractivity contribution is -0.126. The summed E-state index contributed by atoms with van der Waals surface area (Å²) in [4.78, 5) is 14.4. The lowest BCUT2D eigenvalue weighted by Crippen LogP contribution is -2.31. The van der Waals surface area contributed by atoms with Gasteiger partial charge in [-0.3, -0.25) is 9.69 Å². The number of hydrogen-bond donors (Lipinski definition) is 0. The van der Waals surface area contributed by atoms with Crippen molar-refractivity contribution in [2.24, 2.45) is 10.2 Å². The van der Waals surface area contributed by atoms with E-state index in [1.54, 1.807) is 25.3 Å². The van der Waals surface area contributed by atoms with Crippen LogP contribution in [0.3, 0.4) is 0 Å². The third kappa shape index (κ3) is 4.54. The van der Waals surface area contributed by atoms with Crippen LogP contribution in [0.1, 0.15) is 24.5 Å². The Morgan fingerprint density at radius 3 is 2.54 bits per heavy atom. The van der Waals surface area contributed by atoms with Gasteiger partial charge in [0.2, 0.25) is 5.91 Å². The Balaban J connectivity index is 1.80. The van der Waals surface area contributed by atoms with Gasteiger partial charge in [-0.2, -0.15) is 5.10 Å². The van der Waals surface area contributed by atoms with Gasteiger partial charge in [-0.15, -0.1) is 5.10 Å². The maximum atomic E-state index is 12.7. The lowest BCUT2D eigenvalue weighted by atomic mass is 10.2. The van der Waals surface area contributed by atoms with E-state index in [1.807, 2.05) is 55.5 Å². The molecule has 1 saturated heterocycles. The van der Waals surface area contributed by atoms with Crippen LogP contribution in [0, 0.1) is 0 Å². The molecule has 1 heterocycles. The molecule has 0 aliphatic carbocycles. The zero-order valence-corrected chi connectivity index (χ0v) is 17.0. The van der Waals surface area contributed by atoms with E-state index in [0.717, 1.165) is 29.0 Å². The van der Waals surface area contributed by atoms with Crippen molar-refractivity contribution in [2.75, 3.05) is 14.2 Å². The van der Waals surface area contributed by atoms with E-state index in [4.69, 9.17) is 9.47 Å². The summed E-state index contributed by atoms with van der Waals surface area (Å²) in [7, 11) is 3.25. The Hall–Kier alpha value is -2.80. The normalized spacial score (nSPS) is 18.2. The highest BCUT2D eigenvalue weighted by Gasteiger charge is 2.36. The highest BCUT2D eigenvalue weighted by atomic mass is 32.2. The Bertz CT molecular complexity index is 881. The summed E-state index contributed by atoms with van der Waals surface area (Å²) >= 11 is 1.46. The molecule has 3 rings (SSSR count). The summed E-state index contributed by atoms with van der Waals surface area (Å²) < 4.78 is 10.5. The van der Waals surface area contributed by atoms with Gasteiger partial charge < -0.3 is 9.47 Å². The van der Waals surface area contributed by atoms with Gasteiger partial charge in [-0.1, -0.05) is 43.0 Å². The number of hydrogen-bond acceptors (Lipinski definition) is 6. The first-order chi connectivity index (χ1) is 13.7. The first-order valence-electron chi connectivity index (χ1n) is 9.01. The van der Waals surface area contributed by atoms with Gasteiger partial charge in [0.25, 0.3) is 0 Å². The largest absolute Gasteiger partial charge is 0.497 e. The fraction of sp³-hybridized carbons (Fsp3) is 0.286. The van der Waals surface area contributed by atoms with Crippen molar-refractivity contribution < 1.29 is 14.3 Å². The molecule has 0 saturated carbocycles.